The quantitative estimate of drug-likeness (QED) is 0.380. The molecule has 0 heterocycles. The zero-order valence-corrected chi connectivity index (χ0v) is 17.0. The molecule has 0 amide bonds. The van der Waals surface area contributed by atoms with E-state index in [-0.39, 0.29) is 26.4 Å². The number of aliphatic hydroxyl groups excluding tert-OH is 4. The summed E-state index contributed by atoms with van der Waals surface area (Å²) in [5.41, 5.74) is 1.74. The molecule has 0 aliphatic carbocycles. The maximum Gasteiger partial charge on any atom is 0.161 e. The first kappa shape index (κ1) is 23.5. The topological polar surface area (TPSA) is 118 Å². The minimum Gasteiger partial charge on any atom is -0.493 e. The van der Waals surface area contributed by atoms with Crippen molar-refractivity contribution in [1.82, 2.24) is 0 Å². The molecule has 2 aromatic carbocycles. The Hall–Kier alpha value is -2.78. The molecule has 2 unspecified atom stereocenters. The zero-order chi connectivity index (χ0) is 21.9. The van der Waals surface area contributed by atoms with Gasteiger partial charge in [-0.15, -0.1) is 0 Å². The van der Waals surface area contributed by atoms with Gasteiger partial charge in [0.25, 0.3) is 0 Å². The number of methoxy groups -OCH3 is 2. The predicted octanol–water partition coefficient (Wildman–Crippen LogP) is 1.34. The van der Waals surface area contributed by atoms with Crippen LogP contribution in [0, 0.1) is 0 Å². The SMILES string of the molecule is COc1cc(C=Cc2ccc(OCC(O)CO)c(OC)c2)ccc1OCC(O)CO. The summed E-state index contributed by atoms with van der Waals surface area (Å²) in [5.74, 6) is 1.95. The van der Waals surface area contributed by atoms with Crippen molar-refractivity contribution in [2.45, 2.75) is 12.2 Å². The highest BCUT2D eigenvalue weighted by molar-refractivity contribution is 5.72. The highest BCUT2D eigenvalue weighted by Gasteiger charge is 2.10. The molecule has 164 valence electrons. The second kappa shape index (κ2) is 12.0. The van der Waals surface area contributed by atoms with Crippen LogP contribution in [0.5, 0.6) is 23.0 Å². The Kier molecular flexibility index (Phi) is 9.43. The van der Waals surface area contributed by atoms with Gasteiger partial charge in [-0.25, -0.2) is 0 Å². The molecule has 4 N–H and O–H groups in total. The highest BCUT2D eigenvalue weighted by Crippen LogP contribution is 2.31. The first-order valence-corrected chi connectivity index (χ1v) is 9.38. The summed E-state index contributed by atoms with van der Waals surface area (Å²) in [6, 6.07) is 10.7. The van der Waals surface area contributed by atoms with Crippen molar-refractivity contribution in [3.05, 3.63) is 47.5 Å². The van der Waals surface area contributed by atoms with Crippen LogP contribution in [0.1, 0.15) is 11.1 Å². The van der Waals surface area contributed by atoms with Gasteiger partial charge >= 0.3 is 0 Å². The van der Waals surface area contributed by atoms with E-state index < -0.39 is 12.2 Å². The molecule has 8 heteroatoms. The van der Waals surface area contributed by atoms with Crippen LogP contribution in [0.15, 0.2) is 36.4 Å². The highest BCUT2D eigenvalue weighted by atomic mass is 16.5. The fraction of sp³-hybridized carbons (Fsp3) is 0.364. The van der Waals surface area contributed by atoms with E-state index in [9.17, 15) is 10.2 Å². The Morgan fingerprint density at radius 2 is 1.10 bits per heavy atom. The van der Waals surface area contributed by atoms with E-state index in [1.54, 1.807) is 24.3 Å². The molecule has 0 fully saturated rings. The van der Waals surface area contributed by atoms with Crippen LogP contribution in [0.4, 0.5) is 0 Å². The van der Waals surface area contributed by atoms with Gasteiger partial charge in [-0.05, 0) is 35.4 Å². The third kappa shape index (κ3) is 6.93. The lowest BCUT2D eigenvalue weighted by Crippen LogP contribution is -2.21. The zero-order valence-electron chi connectivity index (χ0n) is 17.0. The minimum atomic E-state index is -0.955. The maximum atomic E-state index is 9.41. The summed E-state index contributed by atoms with van der Waals surface area (Å²) < 4.78 is 21.6. The number of hydrogen-bond donors (Lipinski definition) is 4. The van der Waals surface area contributed by atoms with Gasteiger partial charge in [0.05, 0.1) is 27.4 Å². The van der Waals surface area contributed by atoms with E-state index in [1.807, 2.05) is 24.3 Å². The van der Waals surface area contributed by atoms with Crippen LogP contribution in [0.2, 0.25) is 0 Å². The van der Waals surface area contributed by atoms with Crippen molar-refractivity contribution in [1.29, 1.82) is 0 Å². The lowest BCUT2D eigenvalue weighted by molar-refractivity contribution is 0.0527. The van der Waals surface area contributed by atoms with Crippen molar-refractivity contribution in [2.75, 3.05) is 40.6 Å². The van der Waals surface area contributed by atoms with Gasteiger partial charge in [0.1, 0.15) is 25.4 Å². The third-order valence-corrected chi connectivity index (χ3v) is 4.13. The van der Waals surface area contributed by atoms with Gasteiger partial charge in [0.2, 0.25) is 0 Å². The van der Waals surface area contributed by atoms with Gasteiger partial charge in [-0.2, -0.15) is 0 Å². The van der Waals surface area contributed by atoms with Crippen LogP contribution in [0.3, 0.4) is 0 Å². The molecule has 30 heavy (non-hydrogen) atoms. The summed E-state index contributed by atoms with van der Waals surface area (Å²) in [6.07, 6.45) is 1.87. The summed E-state index contributed by atoms with van der Waals surface area (Å²) in [5, 5.41) is 36.6. The number of rotatable bonds is 12. The van der Waals surface area contributed by atoms with Crippen LogP contribution in [-0.2, 0) is 0 Å². The largest absolute Gasteiger partial charge is 0.493 e. The molecule has 2 aromatic rings. The molecule has 2 rings (SSSR count). The van der Waals surface area contributed by atoms with E-state index >= 15 is 0 Å². The van der Waals surface area contributed by atoms with Gasteiger partial charge in [0.15, 0.2) is 23.0 Å². The standard InChI is InChI=1S/C22H28O8/c1-27-21-9-15(5-7-19(21)29-13-17(25)11-23)3-4-16-6-8-20(22(10-16)28-2)30-14-18(26)12-24/h3-10,17-18,23-26H,11-14H2,1-2H3. The average Bonchev–Trinajstić information content (AvgIpc) is 2.79. The van der Waals surface area contributed by atoms with Crippen molar-refractivity contribution >= 4 is 12.2 Å². The smallest absolute Gasteiger partial charge is 0.161 e. The molecule has 0 saturated carbocycles. The number of ether oxygens (including phenoxy) is 4. The fourth-order valence-electron chi connectivity index (χ4n) is 2.48. The van der Waals surface area contributed by atoms with Gasteiger partial charge < -0.3 is 39.4 Å². The molecule has 0 radical (unpaired) electrons. The first-order valence-electron chi connectivity index (χ1n) is 9.38. The van der Waals surface area contributed by atoms with Crippen LogP contribution < -0.4 is 18.9 Å². The normalized spacial score (nSPS) is 13.1. The van der Waals surface area contributed by atoms with Crippen LogP contribution in [0.25, 0.3) is 12.2 Å². The number of aliphatic hydroxyl groups is 4. The van der Waals surface area contributed by atoms with Crippen molar-refractivity contribution in [2.24, 2.45) is 0 Å². The number of benzene rings is 2. The lowest BCUT2D eigenvalue weighted by Gasteiger charge is -2.14. The molecule has 0 bridgehead atoms. The Labute approximate surface area is 175 Å². The molecule has 0 aromatic heterocycles. The monoisotopic (exact) mass is 420 g/mol. The van der Waals surface area contributed by atoms with Gasteiger partial charge in [-0.1, -0.05) is 24.3 Å². The fourth-order valence-corrected chi connectivity index (χ4v) is 2.48. The molecular weight excluding hydrogens is 392 g/mol. The number of hydrogen-bond acceptors (Lipinski definition) is 8. The summed E-state index contributed by atoms with van der Waals surface area (Å²) in [7, 11) is 3.05. The summed E-state index contributed by atoms with van der Waals surface area (Å²) in [6.45, 7) is -0.825. The van der Waals surface area contributed by atoms with E-state index in [0.29, 0.717) is 23.0 Å². The van der Waals surface area contributed by atoms with E-state index in [2.05, 4.69) is 0 Å². The van der Waals surface area contributed by atoms with E-state index in [0.717, 1.165) is 11.1 Å². The van der Waals surface area contributed by atoms with Crippen LogP contribution in [-0.4, -0.2) is 73.3 Å². The Morgan fingerprint density at radius 3 is 1.43 bits per heavy atom. The minimum absolute atomic E-state index is 0.0361. The van der Waals surface area contributed by atoms with Crippen molar-refractivity contribution in [3.8, 4) is 23.0 Å². The molecular formula is C22H28O8. The third-order valence-electron chi connectivity index (χ3n) is 4.13. The average molecular weight is 420 g/mol. The van der Waals surface area contributed by atoms with Crippen molar-refractivity contribution in [3.63, 3.8) is 0 Å². The molecule has 0 aliphatic rings. The van der Waals surface area contributed by atoms with Crippen molar-refractivity contribution < 1.29 is 39.4 Å². The molecule has 0 saturated heterocycles. The summed E-state index contributed by atoms with van der Waals surface area (Å²) in [4.78, 5) is 0. The Morgan fingerprint density at radius 1 is 0.700 bits per heavy atom. The lowest BCUT2D eigenvalue weighted by atomic mass is 10.1. The molecule has 8 nitrogen and oxygen atoms in total. The van der Waals surface area contributed by atoms with Gasteiger partial charge in [0, 0.05) is 0 Å². The van der Waals surface area contributed by atoms with Crippen LogP contribution >= 0.6 is 0 Å². The predicted molar refractivity (Wildman–Crippen MR) is 112 cm³/mol. The molecule has 0 aliphatic heterocycles. The first-order chi connectivity index (χ1) is 14.5. The van der Waals surface area contributed by atoms with E-state index in [1.165, 1.54) is 14.2 Å². The second-order valence-corrected chi connectivity index (χ2v) is 6.45. The summed E-state index contributed by atoms with van der Waals surface area (Å²) >= 11 is 0. The van der Waals surface area contributed by atoms with Gasteiger partial charge in [-0.3, -0.25) is 0 Å². The Bertz CT molecular complexity index is 753. The molecule has 2 atom stereocenters. The molecule has 0 spiro atoms. The maximum absolute atomic E-state index is 9.41. The second-order valence-electron chi connectivity index (χ2n) is 6.45. The van der Waals surface area contributed by atoms with E-state index in [4.69, 9.17) is 29.2 Å². The Balaban J connectivity index is 2.10.